The number of carbonyl (C=O) groups excluding carboxylic acids is 1. The van der Waals surface area contributed by atoms with Gasteiger partial charge in [-0.1, -0.05) is 24.3 Å². The van der Waals surface area contributed by atoms with Gasteiger partial charge in [-0.05, 0) is 37.3 Å². The smallest absolute Gasteiger partial charge is 0.260 e. The minimum Gasteiger partial charge on any atom is -0.481 e. The molecule has 6 nitrogen and oxygen atoms in total. The lowest BCUT2D eigenvalue weighted by atomic mass is 10.3. The quantitative estimate of drug-likeness (QED) is 0.720. The number of ether oxygens (including phenoxy) is 1. The van der Waals surface area contributed by atoms with E-state index in [0.29, 0.717) is 18.8 Å². The molecule has 3 aromatic rings. The van der Waals surface area contributed by atoms with Crippen LogP contribution in [-0.2, 0) is 11.3 Å². The van der Waals surface area contributed by atoms with Crippen LogP contribution in [0.25, 0.3) is 11.4 Å². The number of nitrogens with zero attached hydrogens (tertiary/aromatic N) is 3. The SMILES string of the molecule is C[C@@H](Oc1ccccc1)C(=O)NCCn1ccc(-c2ccccn2)n1. The maximum atomic E-state index is 12.1. The molecular formula is C19H20N4O2. The van der Waals surface area contributed by atoms with E-state index in [1.807, 2.05) is 60.8 Å². The minimum absolute atomic E-state index is 0.152. The van der Waals surface area contributed by atoms with Crippen LogP contribution >= 0.6 is 0 Å². The van der Waals surface area contributed by atoms with Crippen molar-refractivity contribution < 1.29 is 9.53 Å². The summed E-state index contributed by atoms with van der Waals surface area (Å²) in [6.07, 6.45) is 3.06. The van der Waals surface area contributed by atoms with E-state index in [9.17, 15) is 4.79 Å². The molecule has 0 aliphatic heterocycles. The van der Waals surface area contributed by atoms with Gasteiger partial charge in [0.2, 0.25) is 0 Å². The summed E-state index contributed by atoms with van der Waals surface area (Å²) >= 11 is 0. The van der Waals surface area contributed by atoms with E-state index in [2.05, 4.69) is 15.4 Å². The van der Waals surface area contributed by atoms with Gasteiger partial charge in [0.15, 0.2) is 6.10 Å². The Morgan fingerprint density at radius 3 is 2.68 bits per heavy atom. The second kappa shape index (κ2) is 8.10. The van der Waals surface area contributed by atoms with E-state index in [4.69, 9.17) is 4.74 Å². The molecule has 1 aromatic carbocycles. The third-order valence-corrected chi connectivity index (χ3v) is 3.63. The van der Waals surface area contributed by atoms with Crippen molar-refractivity contribution in [2.24, 2.45) is 0 Å². The number of carbonyl (C=O) groups is 1. The van der Waals surface area contributed by atoms with Gasteiger partial charge in [-0.15, -0.1) is 0 Å². The van der Waals surface area contributed by atoms with Crippen molar-refractivity contribution in [1.29, 1.82) is 0 Å². The summed E-state index contributed by atoms with van der Waals surface area (Å²) in [5, 5.41) is 7.32. The van der Waals surface area contributed by atoms with Crippen LogP contribution in [-0.4, -0.2) is 33.3 Å². The molecule has 0 unspecified atom stereocenters. The van der Waals surface area contributed by atoms with Crippen molar-refractivity contribution in [3.05, 3.63) is 67.0 Å². The molecule has 0 saturated carbocycles. The fraction of sp³-hybridized carbons (Fsp3) is 0.211. The molecule has 6 heteroatoms. The van der Waals surface area contributed by atoms with Gasteiger partial charge in [-0.2, -0.15) is 5.10 Å². The minimum atomic E-state index is -0.552. The summed E-state index contributed by atoms with van der Waals surface area (Å²) in [5.74, 6) is 0.526. The van der Waals surface area contributed by atoms with Crippen LogP contribution in [0.3, 0.4) is 0 Å². The van der Waals surface area contributed by atoms with Gasteiger partial charge in [-0.3, -0.25) is 14.5 Å². The number of aromatic nitrogens is 3. The molecule has 0 aliphatic rings. The number of para-hydroxylation sites is 1. The molecule has 0 spiro atoms. The Bertz CT molecular complexity index is 803. The normalized spacial score (nSPS) is 11.7. The summed E-state index contributed by atoms with van der Waals surface area (Å²) in [7, 11) is 0. The second-order valence-electron chi connectivity index (χ2n) is 5.54. The van der Waals surface area contributed by atoms with Gasteiger partial charge in [0.1, 0.15) is 11.4 Å². The van der Waals surface area contributed by atoms with Crippen LogP contribution in [0.4, 0.5) is 0 Å². The number of hydrogen-bond donors (Lipinski definition) is 1. The van der Waals surface area contributed by atoms with Gasteiger partial charge >= 0.3 is 0 Å². The number of amides is 1. The fourth-order valence-corrected chi connectivity index (χ4v) is 2.33. The zero-order chi connectivity index (χ0) is 17.5. The molecule has 0 fully saturated rings. The first-order chi connectivity index (χ1) is 12.2. The maximum Gasteiger partial charge on any atom is 0.260 e. The van der Waals surface area contributed by atoms with Gasteiger partial charge in [0.05, 0.1) is 12.2 Å². The molecule has 2 aromatic heterocycles. The number of rotatable bonds is 7. The van der Waals surface area contributed by atoms with E-state index < -0.39 is 6.10 Å². The van der Waals surface area contributed by atoms with Crippen LogP contribution in [0.15, 0.2) is 67.0 Å². The highest BCUT2D eigenvalue weighted by atomic mass is 16.5. The monoisotopic (exact) mass is 336 g/mol. The highest BCUT2D eigenvalue weighted by Gasteiger charge is 2.13. The van der Waals surface area contributed by atoms with E-state index in [1.54, 1.807) is 17.8 Å². The Labute approximate surface area is 146 Å². The molecule has 25 heavy (non-hydrogen) atoms. The van der Waals surface area contributed by atoms with Crippen molar-refractivity contribution >= 4 is 5.91 Å². The summed E-state index contributed by atoms with van der Waals surface area (Å²) in [6.45, 7) is 2.79. The van der Waals surface area contributed by atoms with Crippen LogP contribution in [0.1, 0.15) is 6.92 Å². The third kappa shape index (κ3) is 4.67. The molecule has 3 rings (SSSR count). The van der Waals surface area contributed by atoms with Gasteiger partial charge in [0.25, 0.3) is 5.91 Å². The van der Waals surface area contributed by atoms with E-state index in [0.717, 1.165) is 11.4 Å². The zero-order valence-electron chi connectivity index (χ0n) is 14.0. The molecule has 0 bridgehead atoms. The highest BCUT2D eigenvalue weighted by molar-refractivity contribution is 5.80. The summed E-state index contributed by atoms with van der Waals surface area (Å²) < 4.78 is 7.38. The lowest BCUT2D eigenvalue weighted by Gasteiger charge is -2.14. The van der Waals surface area contributed by atoms with Gasteiger partial charge in [0, 0.05) is 18.9 Å². The Kier molecular flexibility index (Phi) is 5.41. The summed E-state index contributed by atoms with van der Waals surface area (Å²) in [6, 6.07) is 16.9. The number of pyridine rings is 1. The fourth-order valence-electron chi connectivity index (χ4n) is 2.33. The van der Waals surface area contributed by atoms with Crippen LogP contribution < -0.4 is 10.1 Å². The van der Waals surface area contributed by atoms with Gasteiger partial charge < -0.3 is 10.1 Å². The summed E-state index contributed by atoms with van der Waals surface area (Å²) in [5.41, 5.74) is 1.64. The Balaban J connectivity index is 1.46. The van der Waals surface area contributed by atoms with E-state index in [-0.39, 0.29) is 5.91 Å². The molecule has 2 heterocycles. The van der Waals surface area contributed by atoms with Crippen molar-refractivity contribution in [2.45, 2.75) is 19.6 Å². The first kappa shape index (κ1) is 16.7. The predicted octanol–water partition coefficient (Wildman–Crippen LogP) is 2.53. The standard InChI is InChI=1S/C19H20N4O2/c1-15(25-16-7-3-2-4-8-16)19(24)21-12-14-23-13-10-18(22-23)17-9-5-6-11-20-17/h2-11,13,15H,12,14H2,1H3,(H,21,24)/t15-/m1/s1. The number of hydrogen-bond acceptors (Lipinski definition) is 4. The molecule has 0 radical (unpaired) electrons. The van der Waals surface area contributed by atoms with Crippen molar-refractivity contribution in [3.63, 3.8) is 0 Å². The first-order valence-electron chi connectivity index (χ1n) is 8.16. The number of benzene rings is 1. The average molecular weight is 336 g/mol. The van der Waals surface area contributed by atoms with E-state index in [1.165, 1.54) is 0 Å². The molecule has 0 aliphatic carbocycles. The van der Waals surface area contributed by atoms with Gasteiger partial charge in [-0.25, -0.2) is 0 Å². The molecule has 128 valence electrons. The molecule has 1 N–H and O–H groups in total. The molecular weight excluding hydrogens is 316 g/mol. The first-order valence-corrected chi connectivity index (χ1v) is 8.16. The lowest BCUT2D eigenvalue weighted by molar-refractivity contribution is -0.127. The Hall–Kier alpha value is -3.15. The Morgan fingerprint density at radius 1 is 1.12 bits per heavy atom. The molecule has 1 atom stereocenters. The van der Waals surface area contributed by atoms with Crippen LogP contribution in [0.2, 0.25) is 0 Å². The average Bonchev–Trinajstić information content (AvgIpc) is 3.12. The van der Waals surface area contributed by atoms with Crippen molar-refractivity contribution in [3.8, 4) is 17.1 Å². The van der Waals surface area contributed by atoms with Crippen molar-refractivity contribution in [2.75, 3.05) is 6.54 Å². The largest absolute Gasteiger partial charge is 0.481 e. The number of nitrogens with one attached hydrogen (secondary N) is 1. The maximum absolute atomic E-state index is 12.1. The molecule has 1 amide bonds. The summed E-state index contributed by atoms with van der Waals surface area (Å²) in [4.78, 5) is 16.4. The zero-order valence-corrected chi connectivity index (χ0v) is 14.0. The lowest BCUT2D eigenvalue weighted by Crippen LogP contribution is -2.37. The van der Waals surface area contributed by atoms with Crippen LogP contribution in [0, 0.1) is 0 Å². The van der Waals surface area contributed by atoms with E-state index >= 15 is 0 Å². The highest BCUT2D eigenvalue weighted by Crippen LogP contribution is 2.13. The topological polar surface area (TPSA) is 69.0 Å². The molecule has 0 saturated heterocycles. The third-order valence-electron chi connectivity index (χ3n) is 3.63. The Morgan fingerprint density at radius 2 is 1.92 bits per heavy atom. The van der Waals surface area contributed by atoms with Crippen molar-refractivity contribution in [1.82, 2.24) is 20.1 Å². The van der Waals surface area contributed by atoms with Crippen LogP contribution in [0.5, 0.6) is 5.75 Å². The second-order valence-corrected chi connectivity index (χ2v) is 5.54. The predicted molar refractivity (Wildman–Crippen MR) is 95.0 cm³/mol.